The molecule has 3 aromatic rings. The maximum Gasteiger partial charge on any atom is 0.231 e. The lowest BCUT2D eigenvalue weighted by atomic mass is 10.0. The van der Waals surface area contributed by atoms with Crippen molar-refractivity contribution in [3.05, 3.63) is 66.2 Å². The van der Waals surface area contributed by atoms with Crippen LogP contribution in [0.5, 0.6) is 0 Å². The van der Waals surface area contributed by atoms with Gasteiger partial charge < -0.3 is 9.88 Å². The molecular formula is C21H22N4O2S. The summed E-state index contributed by atoms with van der Waals surface area (Å²) in [5.74, 6) is 0.645. The molecule has 0 aliphatic carbocycles. The van der Waals surface area contributed by atoms with Crippen molar-refractivity contribution in [3.63, 3.8) is 0 Å². The third-order valence-electron chi connectivity index (χ3n) is 4.31. The van der Waals surface area contributed by atoms with Gasteiger partial charge in [0.05, 0.1) is 11.8 Å². The van der Waals surface area contributed by atoms with Gasteiger partial charge in [0.1, 0.15) is 0 Å². The fourth-order valence-corrected chi connectivity index (χ4v) is 3.51. The van der Waals surface area contributed by atoms with Gasteiger partial charge >= 0.3 is 0 Å². The number of carbonyl (C=O) groups is 2. The van der Waals surface area contributed by atoms with Crippen molar-refractivity contribution >= 4 is 23.5 Å². The Labute approximate surface area is 168 Å². The quantitative estimate of drug-likeness (QED) is 0.595. The molecule has 1 amide bonds. The Morgan fingerprint density at radius 2 is 1.68 bits per heavy atom. The number of aromatic nitrogens is 3. The molecule has 0 saturated heterocycles. The Hall–Kier alpha value is -2.93. The van der Waals surface area contributed by atoms with Crippen LogP contribution in [0.2, 0.25) is 0 Å². The van der Waals surface area contributed by atoms with Gasteiger partial charge in [-0.05, 0) is 18.9 Å². The molecule has 0 bridgehead atoms. The molecule has 0 saturated carbocycles. The highest BCUT2D eigenvalue weighted by Gasteiger charge is 2.19. The van der Waals surface area contributed by atoms with E-state index >= 15 is 0 Å². The monoisotopic (exact) mass is 394 g/mol. The van der Waals surface area contributed by atoms with Crippen molar-refractivity contribution in [1.29, 1.82) is 0 Å². The van der Waals surface area contributed by atoms with E-state index in [0.717, 1.165) is 17.0 Å². The smallest absolute Gasteiger partial charge is 0.231 e. The molecule has 144 valence electrons. The van der Waals surface area contributed by atoms with Gasteiger partial charge in [0.15, 0.2) is 16.8 Å². The van der Waals surface area contributed by atoms with Crippen LogP contribution in [-0.4, -0.2) is 38.2 Å². The van der Waals surface area contributed by atoms with Crippen LogP contribution in [-0.2, 0) is 23.1 Å². The van der Waals surface area contributed by atoms with Crippen molar-refractivity contribution < 1.29 is 9.59 Å². The van der Waals surface area contributed by atoms with Gasteiger partial charge in [0.25, 0.3) is 0 Å². The Morgan fingerprint density at radius 3 is 2.32 bits per heavy atom. The maximum absolute atomic E-state index is 12.4. The van der Waals surface area contributed by atoms with Gasteiger partial charge in [0.2, 0.25) is 5.91 Å². The topological polar surface area (TPSA) is 76.9 Å². The van der Waals surface area contributed by atoms with Crippen LogP contribution in [0.4, 0.5) is 0 Å². The van der Waals surface area contributed by atoms with Crippen LogP contribution in [0, 0.1) is 0 Å². The normalized spacial score (nSPS) is 11.8. The first-order valence-corrected chi connectivity index (χ1v) is 9.94. The van der Waals surface area contributed by atoms with E-state index in [-0.39, 0.29) is 17.4 Å². The number of benzene rings is 2. The second kappa shape index (κ2) is 9.32. The van der Waals surface area contributed by atoms with Crippen LogP contribution in [0.15, 0.2) is 65.8 Å². The Morgan fingerprint density at radius 1 is 1.04 bits per heavy atom. The summed E-state index contributed by atoms with van der Waals surface area (Å²) >= 11 is 1.30. The molecule has 6 nitrogen and oxygen atoms in total. The van der Waals surface area contributed by atoms with Gasteiger partial charge in [-0.15, -0.1) is 10.2 Å². The molecule has 0 spiro atoms. The molecule has 3 rings (SSSR count). The highest BCUT2D eigenvalue weighted by atomic mass is 32.2. The molecule has 7 heteroatoms. The number of Topliss-reactive ketones (excluding diaryl/α,β-unsaturated/α-hetero) is 1. The van der Waals surface area contributed by atoms with Crippen LogP contribution in [0.3, 0.4) is 0 Å². The van der Waals surface area contributed by atoms with Gasteiger partial charge in [-0.1, -0.05) is 72.4 Å². The first kappa shape index (κ1) is 19.8. The largest absolute Gasteiger partial charge is 0.345 e. The van der Waals surface area contributed by atoms with Crippen LogP contribution >= 0.6 is 11.8 Å². The highest BCUT2D eigenvalue weighted by molar-refractivity contribution is 7.99. The van der Waals surface area contributed by atoms with E-state index in [1.807, 2.05) is 72.3 Å². The van der Waals surface area contributed by atoms with Crippen molar-refractivity contribution in [2.24, 2.45) is 7.05 Å². The lowest BCUT2D eigenvalue weighted by molar-refractivity contribution is -0.125. The molecule has 2 aromatic carbocycles. The van der Waals surface area contributed by atoms with Gasteiger partial charge in [-0.3, -0.25) is 9.59 Å². The number of ketones is 1. The minimum atomic E-state index is -0.533. The summed E-state index contributed by atoms with van der Waals surface area (Å²) in [4.78, 5) is 24.3. The zero-order valence-corrected chi connectivity index (χ0v) is 16.6. The second-order valence-corrected chi connectivity index (χ2v) is 7.38. The van der Waals surface area contributed by atoms with Crippen LogP contribution in [0.1, 0.15) is 12.5 Å². The molecule has 0 aliphatic rings. The average molecular weight is 395 g/mol. The number of hydrogen-bond acceptors (Lipinski definition) is 5. The Kier molecular flexibility index (Phi) is 6.60. The predicted octanol–water partition coefficient (Wildman–Crippen LogP) is 2.89. The van der Waals surface area contributed by atoms with Crippen molar-refractivity contribution in [3.8, 4) is 11.4 Å². The summed E-state index contributed by atoms with van der Waals surface area (Å²) in [7, 11) is 1.87. The third kappa shape index (κ3) is 5.07. The fourth-order valence-electron chi connectivity index (χ4n) is 2.79. The molecule has 0 aliphatic heterocycles. The minimum Gasteiger partial charge on any atom is -0.345 e. The van der Waals surface area contributed by atoms with E-state index in [1.54, 1.807) is 0 Å². The molecule has 1 N–H and O–H groups in total. The number of hydrogen-bond donors (Lipinski definition) is 1. The van der Waals surface area contributed by atoms with Crippen molar-refractivity contribution in [2.45, 2.75) is 24.5 Å². The predicted molar refractivity (Wildman–Crippen MR) is 110 cm³/mol. The molecule has 0 fully saturated rings. The van der Waals surface area contributed by atoms with Crippen LogP contribution in [0.25, 0.3) is 11.4 Å². The molecule has 0 unspecified atom stereocenters. The highest BCUT2D eigenvalue weighted by Crippen LogP contribution is 2.22. The standard InChI is InChI=1S/C21H22N4O2S/c1-15(26)18(13-16-9-5-3-6-10-16)22-19(27)14-28-21-24-23-20(25(21)2)17-11-7-4-8-12-17/h3-12,18H,13-14H2,1-2H3,(H,22,27)/t18-/m1/s1. The van der Waals surface area contributed by atoms with Crippen LogP contribution < -0.4 is 5.32 Å². The molecule has 28 heavy (non-hydrogen) atoms. The summed E-state index contributed by atoms with van der Waals surface area (Å²) in [5, 5.41) is 11.9. The zero-order chi connectivity index (χ0) is 19.9. The molecular weight excluding hydrogens is 372 g/mol. The third-order valence-corrected chi connectivity index (χ3v) is 5.33. The molecule has 1 aromatic heterocycles. The molecule has 1 atom stereocenters. The fraction of sp³-hybridized carbons (Fsp3) is 0.238. The summed E-state index contributed by atoms with van der Waals surface area (Å²) < 4.78 is 1.86. The van der Waals surface area contributed by atoms with Crippen molar-refractivity contribution in [2.75, 3.05) is 5.75 Å². The number of amides is 1. The maximum atomic E-state index is 12.4. The van der Waals surface area contributed by atoms with E-state index in [0.29, 0.717) is 11.6 Å². The zero-order valence-electron chi connectivity index (χ0n) is 15.8. The molecule has 1 heterocycles. The lowest BCUT2D eigenvalue weighted by Gasteiger charge is -2.16. The SMILES string of the molecule is CC(=O)[C@@H](Cc1ccccc1)NC(=O)CSc1nnc(-c2ccccc2)n1C. The Balaban J connectivity index is 1.59. The van der Waals surface area contributed by atoms with Gasteiger partial charge in [-0.2, -0.15) is 0 Å². The number of thioether (sulfide) groups is 1. The summed E-state index contributed by atoms with van der Waals surface area (Å²) in [6, 6.07) is 18.9. The minimum absolute atomic E-state index is 0.0628. The van der Waals surface area contributed by atoms with E-state index in [4.69, 9.17) is 0 Å². The van der Waals surface area contributed by atoms with E-state index in [1.165, 1.54) is 18.7 Å². The van der Waals surface area contributed by atoms with E-state index in [2.05, 4.69) is 15.5 Å². The summed E-state index contributed by atoms with van der Waals surface area (Å²) in [6.45, 7) is 1.50. The second-order valence-electron chi connectivity index (χ2n) is 6.44. The number of nitrogens with one attached hydrogen (secondary N) is 1. The average Bonchev–Trinajstić information content (AvgIpc) is 3.07. The van der Waals surface area contributed by atoms with E-state index in [9.17, 15) is 9.59 Å². The number of carbonyl (C=O) groups excluding carboxylic acids is 2. The Bertz CT molecular complexity index is 942. The number of rotatable bonds is 8. The molecule has 0 radical (unpaired) electrons. The summed E-state index contributed by atoms with van der Waals surface area (Å²) in [6.07, 6.45) is 0.481. The van der Waals surface area contributed by atoms with Gasteiger partial charge in [-0.25, -0.2) is 0 Å². The first-order chi connectivity index (χ1) is 13.5. The van der Waals surface area contributed by atoms with Crippen molar-refractivity contribution in [1.82, 2.24) is 20.1 Å². The van der Waals surface area contributed by atoms with E-state index < -0.39 is 6.04 Å². The number of nitrogens with zero attached hydrogens (tertiary/aromatic N) is 3. The lowest BCUT2D eigenvalue weighted by Crippen LogP contribution is -2.42. The summed E-state index contributed by atoms with van der Waals surface area (Å²) in [5.41, 5.74) is 1.98. The van der Waals surface area contributed by atoms with Gasteiger partial charge in [0, 0.05) is 12.6 Å². The first-order valence-electron chi connectivity index (χ1n) is 8.96.